The van der Waals surface area contributed by atoms with Crippen LogP contribution in [0.15, 0.2) is 53.8 Å². The van der Waals surface area contributed by atoms with Crippen LogP contribution in [0.25, 0.3) is 10.9 Å². The fraction of sp³-hybridized carbons (Fsp3) is 0.0667. The van der Waals surface area contributed by atoms with E-state index in [2.05, 4.69) is 14.7 Å². The summed E-state index contributed by atoms with van der Waals surface area (Å²) in [6.07, 6.45) is 3.54. The minimum atomic E-state index is 0.650. The maximum atomic E-state index is 6.27. The number of halogens is 1. The zero-order valence-corrected chi connectivity index (χ0v) is 12.4. The van der Waals surface area contributed by atoms with Gasteiger partial charge in [-0.05, 0) is 30.7 Å². The number of nitrogens with one attached hydrogen (secondary N) is 1. The Labute approximate surface area is 126 Å². The van der Waals surface area contributed by atoms with Crippen molar-refractivity contribution in [3.05, 3.63) is 59.4 Å². The zero-order valence-electron chi connectivity index (χ0n) is 10.8. The van der Waals surface area contributed by atoms with Gasteiger partial charge in [-0.2, -0.15) is 0 Å². The molecule has 0 saturated carbocycles. The van der Waals surface area contributed by atoms with E-state index in [4.69, 9.17) is 11.6 Å². The molecule has 0 saturated heterocycles. The maximum Gasteiger partial charge on any atom is 0.119 e. The first kappa shape index (κ1) is 13.2. The molecule has 0 spiro atoms. The highest BCUT2D eigenvalue weighted by Crippen LogP contribution is 2.33. The summed E-state index contributed by atoms with van der Waals surface area (Å²) in [4.78, 5) is 8.74. The smallest absolute Gasteiger partial charge is 0.119 e. The third kappa shape index (κ3) is 2.57. The SMILES string of the molecule is Cc1cccnc1SNc1c(Cl)ccc2cccnc12. The van der Waals surface area contributed by atoms with Gasteiger partial charge in [0.05, 0.1) is 16.2 Å². The molecule has 2 heterocycles. The van der Waals surface area contributed by atoms with Crippen molar-refractivity contribution in [2.24, 2.45) is 0 Å². The molecule has 0 amide bonds. The molecule has 20 heavy (non-hydrogen) atoms. The number of pyridine rings is 2. The maximum absolute atomic E-state index is 6.27. The van der Waals surface area contributed by atoms with Crippen LogP contribution in [0, 0.1) is 6.92 Å². The molecule has 0 unspecified atom stereocenters. The number of aryl methyl sites for hydroxylation is 1. The predicted octanol–water partition coefficient (Wildman–Crippen LogP) is 4.71. The van der Waals surface area contributed by atoms with Crippen LogP contribution in [0.5, 0.6) is 0 Å². The molecule has 1 N–H and O–H groups in total. The Morgan fingerprint density at radius 2 is 1.85 bits per heavy atom. The van der Waals surface area contributed by atoms with Crippen LogP contribution >= 0.6 is 23.5 Å². The molecule has 5 heteroatoms. The van der Waals surface area contributed by atoms with Gasteiger partial charge >= 0.3 is 0 Å². The van der Waals surface area contributed by atoms with Crippen LogP contribution in [0.3, 0.4) is 0 Å². The van der Waals surface area contributed by atoms with Crippen LogP contribution in [0.4, 0.5) is 5.69 Å². The lowest BCUT2D eigenvalue weighted by Crippen LogP contribution is -1.94. The fourth-order valence-corrected chi connectivity index (χ4v) is 2.90. The molecule has 3 aromatic rings. The summed E-state index contributed by atoms with van der Waals surface area (Å²) >= 11 is 7.72. The van der Waals surface area contributed by atoms with E-state index < -0.39 is 0 Å². The highest BCUT2D eigenvalue weighted by Gasteiger charge is 2.08. The van der Waals surface area contributed by atoms with E-state index in [1.165, 1.54) is 11.9 Å². The molecule has 1 aromatic carbocycles. The van der Waals surface area contributed by atoms with E-state index in [0.29, 0.717) is 5.02 Å². The minimum absolute atomic E-state index is 0.650. The molecule has 0 aliphatic carbocycles. The standard InChI is InChI=1S/C15H12ClN3S/c1-10-4-2-9-18-15(10)20-19-14-12(16)7-6-11-5-3-8-17-13(11)14/h2-9,19H,1H3. The number of fused-ring (bicyclic) bond motifs is 1. The Kier molecular flexibility index (Phi) is 3.76. The zero-order chi connectivity index (χ0) is 13.9. The topological polar surface area (TPSA) is 37.8 Å². The van der Waals surface area contributed by atoms with E-state index in [0.717, 1.165) is 27.2 Å². The summed E-state index contributed by atoms with van der Waals surface area (Å²) in [6, 6.07) is 11.7. The van der Waals surface area contributed by atoms with Crippen molar-refractivity contribution >= 4 is 40.1 Å². The second kappa shape index (κ2) is 5.69. The van der Waals surface area contributed by atoms with Gasteiger partial charge < -0.3 is 4.72 Å². The molecule has 2 aromatic heterocycles. The van der Waals surface area contributed by atoms with Gasteiger partial charge in [-0.25, -0.2) is 4.98 Å². The molecule has 3 rings (SSSR count). The monoisotopic (exact) mass is 301 g/mol. The summed E-state index contributed by atoms with van der Waals surface area (Å²) < 4.78 is 3.27. The molecule has 0 aliphatic rings. The lowest BCUT2D eigenvalue weighted by Gasteiger charge is -2.10. The predicted molar refractivity (Wildman–Crippen MR) is 85.2 cm³/mol. The summed E-state index contributed by atoms with van der Waals surface area (Å²) in [7, 11) is 0. The van der Waals surface area contributed by atoms with Gasteiger partial charge in [0.1, 0.15) is 5.03 Å². The van der Waals surface area contributed by atoms with Gasteiger partial charge in [0.2, 0.25) is 0 Å². The summed E-state index contributed by atoms with van der Waals surface area (Å²) in [5.74, 6) is 0. The van der Waals surface area contributed by atoms with Gasteiger partial charge in [-0.1, -0.05) is 29.8 Å². The number of hydrogen-bond acceptors (Lipinski definition) is 4. The minimum Gasteiger partial charge on any atom is -0.321 e. The van der Waals surface area contributed by atoms with Crippen LogP contribution in [-0.4, -0.2) is 9.97 Å². The lowest BCUT2D eigenvalue weighted by molar-refractivity contribution is 1.08. The van der Waals surface area contributed by atoms with Crippen molar-refractivity contribution in [3.63, 3.8) is 0 Å². The first-order chi connectivity index (χ1) is 9.75. The van der Waals surface area contributed by atoms with Crippen LogP contribution in [-0.2, 0) is 0 Å². The second-order valence-electron chi connectivity index (χ2n) is 4.33. The Balaban J connectivity index is 1.95. The van der Waals surface area contributed by atoms with E-state index >= 15 is 0 Å². The number of aromatic nitrogens is 2. The van der Waals surface area contributed by atoms with E-state index in [9.17, 15) is 0 Å². The lowest BCUT2D eigenvalue weighted by atomic mass is 10.2. The van der Waals surface area contributed by atoms with Crippen molar-refractivity contribution in [2.75, 3.05) is 4.72 Å². The average Bonchev–Trinajstić information content (AvgIpc) is 2.48. The van der Waals surface area contributed by atoms with Crippen LogP contribution in [0.2, 0.25) is 5.02 Å². The first-order valence-corrected chi connectivity index (χ1v) is 7.33. The molecule has 0 atom stereocenters. The van der Waals surface area contributed by atoms with Crippen molar-refractivity contribution in [2.45, 2.75) is 11.9 Å². The molecule has 3 nitrogen and oxygen atoms in total. The molecule has 0 aliphatic heterocycles. The Hall–Kier alpha value is -1.78. The quantitative estimate of drug-likeness (QED) is 0.711. The van der Waals surface area contributed by atoms with Crippen LogP contribution < -0.4 is 4.72 Å². The van der Waals surface area contributed by atoms with Gasteiger partial charge in [0.25, 0.3) is 0 Å². The molecule has 0 radical (unpaired) electrons. The van der Waals surface area contributed by atoms with E-state index in [1.807, 2.05) is 43.3 Å². The Morgan fingerprint density at radius 1 is 1.05 bits per heavy atom. The molecule has 0 bridgehead atoms. The highest BCUT2D eigenvalue weighted by atomic mass is 35.5. The van der Waals surface area contributed by atoms with Crippen molar-refractivity contribution in [3.8, 4) is 0 Å². The number of nitrogens with zero attached hydrogens (tertiary/aromatic N) is 2. The number of anilines is 1. The molecular weight excluding hydrogens is 290 g/mol. The largest absolute Gasteiger partial charge is 0.321 e. The third-order valence-corrected chi connectivity index (χ3v) is 4.18. The fourth-order valence-electron chi connectivity index (χ4n) is 1.90. The van der Waals surface area contributed by atoms with E-state index in [-0.39, 0.29) is 0 Å². The highest BCUT2D eigenvalue weighted by molar-refractivity contribution is 8.00. The van der Waals surface area contributed by atoms with Crippen LogP contribution in [0.1, 0.15) is 5.56 Å². The number of hydrogen-bond donors (Lipinski definition) is 1. The third-order valence-electron chi connectivity index (χ3n) is 2.93. The summed E-state index contributed by atoms with van der Waals surface area (Å²) in [6.45, 7) is 2.03. The van der Waals surface area contributed by atoms with Gasteiger partial charge in [0, 0.05) is 29.7 Å². The summed E-state index contributed by atoms with van der Waals surface area (Å²) in [5, 5.41) is 2.63. The van der Waals surface area contributed by atoms with Gasteiger partial charge in [0.15, 0.2) is 0 Å². The molecule has 0 fully saturated rings. The Bertz CT molecular complexity index is 761. The van der Waals surface area contributed by atoms with Gasteiger partial charge in [-0.3, -0.25) is 4.98 Å². The Morgan fingerprint density at radius 3 is 2.70 bits per heavy atom. The normalized spacial score (nSPS) is 10.7. The number of benzene rings is 1. The number of rotatable bonds is 3. The molecular formula is C15H12ClN3S. The van der Waals surface area contributed by atoms with Crippen molar-refractivity contribution in [1.29, 1.82) is 0 Å². The molecule has 100 valence electrons. The van der Waals surface area contributed by atoms with Gasteiger partial charge in [-0.15, -0.1) is 0 Å². The van der Waals surface area contributed by atoms with Crippen molar-refractivity contribution in [1.82, 2.24) is 9.97 Å². The average molecular weight is 302 g/mol. The van der Waals surface area contributed by atoms with E-state index in [1.54, 1.807) is 12.4 Å². The van der Waals surface area contributed by atoms with Crippen molar-refractivity contribution < 1.29 is 0 Å². The summed E-state index contributed by atoms with van der Waals surface area (Å²) in [5.41, 5.74) is 2.80. The first-order valence-electron chi connectivity index (χ1n) is 6.13. The second-order valence-corrected chi connectivity index (χ2v) is 5.53.